The number of carbonyl (C=O) groups is 1. The number of rotatable bonds is 9. The normalized spacial score (nSPS) is 11.9. The topological polar surface area (TPSA) is 17.1 Å². The van der Waals surface area contributed by atoms with Crippen molar-refractivity contribution in [2.45, 2.75) is 19.8 Å². The quantitative estimate of drug-likeness (QED) is 0.103. The van der Waals surface area contributed by atoms with Gasteiger partial charge in [0, 0.05) is 1.43 Å². The first kappa shape index (κ1) is 24.8. The minimum absolute atomic E-state index is 0. The maximum absolute atomic E-state index is 13.0. The third kappa shape index (κ3) is 7.10. The molecule has 0 amide bonds. The molecule has 0 heterocycles. The Morgan fingerprint density at radius 1 is 0.722 bits per heavy atom. The molecular formula is C34H31FO. The number of allylic oxidation sites excluding steroid dienone is 3. The maximum Gasteiger partial charge on any atom is 0.143 e. The van der Waals surface area contributed by atoms with Crippen molar-refractivity contribution in [2.75, 3.05) is 0 Å². The van der Waals surface area contributed by atoms with Crippen molar-refractivity contribution in [3.8, 4) is 0 Å². The molecule has 1 nitrogen and oxygen atoms in total. The molecule has 180 valence electrons. The number of hydrogen-bond acceptors (Lipinski definition) is 1. The second-order valence-corrected chi connectivity index (χ2v) is 8.78. The Morgan fingerprint density at radius 2 is 1.39 bits per heavy atom. The van der Waals surface area contributed by atoms with Crippen LogP contribution in [0.25, 0.3) is 23.8 Å². The fraction of sp³-hybridized carbons (Fsp3) is 0.0882. The zero-order valence-electron chi connectivity index (χ0n) is 20.4. The van der Waals surface area contributed by atoms with Gasteiger partial charge in [0.1, 0.15) is 12.1 Å². The third-order valence-electron chi connectivity index (χ3n) is 6.13. The van der Waals surface area contributed by atoms with E-state index in [1.165, 1.54) is 23.3 Å². The molecule has 0 saturated heterocycles. The molecule has 4 rings (SSSR count). The van der Waals surface area contributed by atoms with Gasteiger partial charge in [0.15, 0.2) is 0 Å². The molecule has 0 atom stereocenters. The van der Waals surface area contributed by atoms with Crippen molar-refractivity contribution in [3.63, 3.8) is 0 Å². The maximum atomic E-state index is 13.0. The number of halogens is 1. The molecule has 0 radical (unpaired) electrons. The fourth-order valence-electron chi connectivity index (χ4n) is 4.09. The number of aryl methyl sites for hydroxylation is 3. The van der Waals surface area contributed by atoms with E-state index in [9.17, 15) is 9.18 Å². The molecule has 0 aliphatic carbocycles. The highest BCUT2D eigenvalue weighted by atomic mass is 19.1. The molecule has 0 spiro atoms. The van der Waals surface area contributed by atoms with Crippen LogP contribution >= 0.6 is 0 Å². The average molecular weight is 475 g/mol. The van der Waals surface area contributed by atoms with E-state index >= 15 is 0 Å². The zero-order chi connectivity index (χ0) is 25.2. The Morgan fingerprint density at radius 3 is 2.08 bits per heavy atom. The van der Waals surface area contributed by atoms with E-state index in [1.54, 1.807) is 18.2 Å². The van der Waals surface area contributed by atoms with E-state index in [0.717, 1.165) is 52.5 Å². The lowest BCUT2D eigenvalue weighted by Gasteiger charge is -2.07. The summed E-state index contributed by atoms with van der Waals surface area (Å²) in [4.78, 5) is 11.2. The predicted molar refractivity (Wildman–Crippen MR) is 152 cm³/mol. The summed E-state index contributed by atoms with van der Waals surface area (Å²) in [5.41, 5.74) is 8.86. The summed E-state index contributed by atoms with van der Waals surface area (Å²) >= 11 is 0. The number of carbonyl (C=O) groups excluding carboxylic acids is 1. The Bertz CT molecular complexity index is 1400. The van der Waals surface area contributed by atoms with E-state index in [1.807, 2.05) is 36.4 Å². The van der Waals surface area contributed by atoms with Gasteiger partial charge >= 0.3 is 0 Å². The summed E-state index contributed by atoms with van der Waals surface area (Å²) in [6.07, 6.45) is 12.4. The van der Waals surface area contributed by atoms with E-state index in [0.29, 0.717) is 0 Å². The summed E-state index contributed by atoms with van der Waals surface area (Å²) in [7, 11) is 0. The summed E-state index contributed by atoms with van der Waals surface area (Å²) < 4.78 is 13.0. The number of aldehydes is 1. The van der Waals surface area contributed by atoms with Crippen LogP contribution in [0.3, 0.4) is 0 Å². The minimum atomic E-state index is -0.222. The Hall–Kier alpha value is -4.30. The highest BCUT2D eigenvalue weighted by molar-refractivity contribution is 5.89. The van der Waals surface area contributed by atoms with Gasteiger partial charge in [-0.1, -0.05) is 109 Å². The second kappa shape index (κ2) is 12.4. The summed E-state index contributed by atoms with van der Waals surface area (Å²) in [5.74, 6) is -0.222. The Labute approximate surface area is 214 Å². The molecule has 0 aromatic heterocycles. The van der Waals surface area contributed by atoms with Crippen LogP contribution < -0.4 is 0 Å². The average Bonchev–Trinajstić information content (AvgIpc) is 2.91. The van der Waals surface area contributed by atoms with Crippen molar-refractivity contribution in [1.82, 2.24) is 0 Å². The standard InChI is InChI=1S/C34H29FO.H2/c1-26-5-2-3-8-34(26)32(23-24-36)20-17-31-7-4-6-30(25-31)16-15-28-11-9-27(10-12-28)13-14-29-18-21-33(35)22-19-29;/h2-14,17-25H,15-16H2,1H3;1H/b14-13-,20-17-,32-23-;. The van der Waals surface area contributed by atoms with Crippen LogP contribution in [0.15, 0.2) is 109 Å². The fourth-order valence-corrected chi connectivity index (χ4v) is 4.09. The first-order chi connectivity index (χ1) is 17.6. The molecule has 0 saturated carbocycles. The molecule has 4 aromatic carbocycles. The van der Waals surface area contributed by atoms with Gasteiger partial charge in [0.05, 0.1) is 0 Å². The van der Waals surface area contributed by atoms with Crippen LogP contribution in [0.1, 0.15) is 40.4 Å². The molecule has 0 aliphatic heterocycles. The van der Waals surface area contributed by atoms with Gasteiger partial charge in [-0.2, -0.15) is 0 Å². The van der Waals surface area contributed by atoms with Crippen molar-refractivity contribution < 1.29 is 10.6 Å². The zero-order valence-corrected chi connectivity index (χ0v) is 20.4. The van der Waals surface area contributed by atoms with Crippen LogP contribution in [0.4, 0.5) is 4.39 Å². The Balaban J connectivity index is 0.00000380. The molecule has 36 heavy (non-hydrogen) atoms. The van der Waals surface area contributed by atoms with Crippen LogP contribution in [-0.2, 0) is 17.6 Å². The van der Waals surface area contributed by atoms with E-state index in [4.69, 9.17) is 0 Å². The summed E-state index contributed by atoms with van der Waals surface area (Å²) in [6.45, 7) is 2.05. The van der Waals surface area contributed by atoms with Crippen LogP contribution in [0.2, 0.25) is 0 Å². The minimum Gasteiger partial charge on any atom is -0.299 e. The SMILES string of the molecule is Cc1ccccc1C(/C=C\c1cccc(CCc2ccc(/C=C\c3ccc(F)cc3)cc2)c1)=C\C=O.[HH]. The highest BCUT2D eigenvalue weighted by Gasteiger charge is 2.02. The van der Waals surface area contributed by atoms with E-state index in [2.05, 4.69) is 67.6 Å². The lowest BCUT2D eigenvalue weighted by molar-refractivity contribution is -0.104. The first-order valence-electron chi connectivity index (χ1n) is 12.1. The number of benzene rings is 4. The van der Waals surface area contributed by atoms with Gasteiger partial charge in [-0.15, -0.1) is 0 Å². The van der Waals surface area contributed by atoms with Crippen LogP contribution in [0.5, 0.6) is 0 Å². The summed E-state index contributed by atoms with van der Waals surface area (Å²) in [5, 5.41) is 0. The number of hydrogen-bond donors (Lipinski definition) is 0. The molecule has 0 bridgehead atoms. The van der Waals surface area contributed by atoms with E-state index < -0.39 is 0 Å². The first-order valence-corrected chi connectivity index (χ1v) is 12.1. The van der Waals surface area contributed by atoms with Gasteiger partial charge < -0.3 is 0 Å². The smallest absolute Gasteiger partial charge is 0.143 e. The second-order valence-electron chi connectivity index (χ2n) is 8.78. The highest BCUT2D eigenvalue weighted by Crippen LogP contribution is 2.21. The third-order valence-corrected chi connectivity index (χ3v) is 6.13. The molecule has 0 N–H and O–H groups in total. The Kier molecular flexibility index (Phi) is 8.56. The van der Waals surface area contributed by atoms with Crippen molar-refractivity contribution in [2.24, 2.45) is 0 Å². The molecule has 4 aromatic rings. The van der Waals surface area contributed by atoms with E-state index in [-0.39, 0.29) is 7.24 Å². The summed E-state index contributed by atoms with van der Waals surface area (Å²) in [6, 6.07) is 31.6. The van der Waals surface area contributed by atoms with Gasteiger partial charge in [0.2, 0.25) is 0 Å². The molecule has 0 fully saturated rings. The van der Waals surface area contributed by atoms with Crippen molar-refractivity contribution in [3.05, 3.63) is 154 Å². The van der Waals surface area contributed by atoms with Crippen molar-refractivity contribution >= 4 is 30.1 Å². The van der Waals surface area contributed by atoms with Gasteiger partial charge in [0.25, 0.3) is 0 Å². The van der Waals surface area contributed by atoms with Gasteiger partial charge in [-0.25, -0.2) is 4.39 Å². The van der Waals surface area contributed by atoms with Gasteiger partial charge in [-0.05, 0) is 82.5 Å². The predicted octanol–water partition coefficient (Wildman–Crippen LogP) is 8.63. The van der Waals surface area contributed by atoms with Crippen molar-refractivity contribution in [1.29, 1.82) is 0 Å². The molecule has 2 heteroatoms. The lowest BCUT2D eigenvalue weighted by atomic mass is 9.98. The van der Waals surface area contributed by atoms with Gasteiger partial charge in [-0.3, -0.25) is 4.79 Å². The van der Waals surface area contributed by atoms with Crippen LogP contribution in [0, 0.1) is 12.7 Å². The van der Waals surface area contributed by atoms with Crippen LogP contribution in [-0.4, -0.2) is 6.29 Å². The lowest BCUT2D eigenvalue weighted by Crippen LogP contribution is -1.92. The molecule has 0 unspecified atom stereocenters. The molecule has 0 aliphatic rings. The largest absolute Gasteiger partial charge is 0.299 e. The molecular weight excluding hydrogens is 443 g/mol. The monoisotopic (exact) mass is 474 g/mol.